The summed E-state index contributed by atoms with van der Waals surface area (Å²) in [5.41, 5.74) is -0.372. The fourth-order valence-electron chi connectivity index (χ4n) is 3.72. The van der Waals surface area contributed by atoms with E-state index in [1.54, 1.807) is 23.5 Å². The minimum Gasteiger partial charge on any atom is -0.340 e. The Bertz CT molecular complexity index is 584. The first-order chi connectivity index (χ1) is 11.1. The van der Waals surface area contributed by atoms with E-state index in [1.807, 2.05) is 18.7 Å². The van der Waals surface area contributed by atoms with E-state index in [9.17, 15) is 9.59 Å². The summed E-state index contributed by atoms with van der Waals surface area (Å²) in [5, 5.41) is 0. The zero-order valence-corrected chi connectivity index (χ0v) is 13.9. The van der Waals surface area contributed by atoms with Crippen molar-refractivity contribution in [3.05, 3.63) is 24.3 Å². The molecule has 0 radical (unpaired) electrons. The van der Waals surface area contributed by atoms with Gasteiger partial charge in [0.1, 0.15) is 0 Å². The molecule has 1 aromatic heterocycles. The molecule has 6 nitrogen and oxygen atoms in total. The number of nitrogens with zero attached hydrogens (tertiary/aromatic N) is 4. The van der Waals surface area contributed by atoms with Crippen LogP contribution in [0.15, 0.2) is 18.6 Å². The number of hydrogen-bond acceptors (Lipinski definition) is 4. The summed E-state index contributed by atoms with van der Waals surface area (Å²) in [5.74, 6) is -0.113. The summed E-state index contributed by atoms with van der Waals surface area (Å²) >= 11 is 0. The molecule has 3 heterocycles. The number of hydrogen-bond donors (Lipinski definition) is 0. The topological polar surface area (TPSA) is 66.4 Å². The zero-order valence-electron chi connectivity index (χ0n) is 13.9. The highest BCUT2D eigenvalue weighted by atomic mass is 16.2. The number of carbonyl (C=O) groups excluding carboxylic acids is 2. The van der Waals surface area contributed by atoms with Gasteiger partial charge in [-0.15, -0.1) is 0 Å². The Morgan fingerprint density at radius 3 is 2.48 bits per heavy atom. The summed E-state index contributed by atoms with van der Waals surface area (Å²) in [6.07, 6.45) is 8.33. The molecule has 0 aliphatic carbocycles. The Hall–Kier alpha value is -1.98. The Kier molecular flexibility index (Phi) is 4.33. The zero-order chi connectivity index (χ0) is 16.4. The standard InChI is InChI=1S/C17H24N4O2/c1-13(2)15(22)21-11-5-6-17(21,14-12-18-7-8-19-14)16(23)20-9-3-4-10-20/h7-8,12-13H,3-6,9-11H2,1-2H3. The molecular weight excluding hydrogens is 292 g/mol. The smallest absolute Gasteiger partial charge is 0.254 e. The van der Waals surface area contributed by atoms with Gasteiger partial charge >= 0.3 is 0 Å². The molecule has 0 spiro atoms. The summed E-state index contributed by atoms with van der Waals surface area (Å²) in [4.78, 5) is 38.3. The van der Waals surface area contributed by atoms with Gasteiger partial charge in [0, 0.05) is 37.9 Å². The summed E-state index contributed by atoms with van der Waals surface area (Å²) in [7, 11) is 0. The summed E-state index contributed by atoms with van der Waals surface area (Å²) in [6, 6.07) is 0. The van der Waals surface area contributed by atoms with Crippen LogP contribution in [0.25, 0.3) is 0 Å². The first-order valence-corrected chi connectivity index (χ1v) is 8.44. The summed E-state index contributed by atoms with van der Waals surface area (Å²) < 4.78 is 0. The van der Waals surface area contributed by atoms with E-state index in [-0.39, 0.29) is 17.7 Å². The molecule has 2 aliphatic heterocycles. The molecule has 1 unspecified atom stereocenters. The number of amides is 2. The third-order valence-electron chi connectivity index (χ3n) is 4.88. The third kappa shape index (κ3) is 2.60. The van der Waals surface area contributed by atoms with Gasteiger partial charge in [-0.1, -0.05) is 13.8 Å². The van der Waals surface area contributed by atoms with Gasteiger partial charge in [0.05, 0.1) is 11.9 Å². The predicted octanol–water partition coefficient (Wildman–Crippen LogP) is 1.57. The number of likely N-dealkylation sites (tertiary alicyclic amines) is 2. The minimum absolute atomic E-state index is 0.0145. The van der Waals surface area contributed by atoms with E-state index < -0.39 is 5.54 Å². The van der Waals surface area contributed by atoms with E-state index in [1.165, 1.54) is 0 Å². The van der Waals surface area contributed by atoms with E-state index >= 15 is 0 Å². The van der Waals surface area contributed by atoms with Crippen molar-refractivity contribution in [2.45, 2.75) is 45.1 Å². The number of carbonyl (C=O) groups is 2. The van der Waals surface area contributed by atoms with Crippen LogP contribution < -0.4 is 0 Å². The first-order valence-electron chi connectivity index (χ1n) is 8.44. The van der Waals surface area contributed by atoms with Gasteiger partial charge in [-0.25, -0.2) is 0 Å². The molecule has 0 saturated carbocycles. The molecule has 2 aliphatic rings. The Balaban J connectivity index is 2.06. The molecule has 2 saturated heterocycles. The molecule has 2 amide bonds. The highest BCUT2D eigenvalue weighted by Gasteiger charge is 2.54. The molecule has 0 aromatic carbocycles. The Labute approximate surface area is 136 Å². The molecule has 0 bridgehead atoms. The van der Waals surface area contributed by atoms with Gasteiger partial charge in [-0.3, -0.25) is 19.6 Å². The molecule has 1 atom stereocenters. The van der Waals surface area contributed by atoms with Crippen LogP contribution in [-0.2, 0) is 15.1 Å². The van der Waals surface area contributed by atoms with Crippen molar-refractivity contribution >= 4 is 11.8 Å². The van der Waals surface area contributed by atoms with Crippen LogP contribution in [0.5, 0.6) is 0 Å². The van der Waals surface area contributed by atoms with Crippen LogP contribution in [0.1, 0.15) is 45.2 Å². The lowest BCUT2D eigenvalue weighted by Crippen LogP contribution is -2.56. The van der Waals surface area contributed by atoms with Crippen molar-refractivity contribution < 1.29 is 9.59 Å². The van der Waals surface area contributed by atoms with Gasteiger partial charge in [0.2, 0.25) is 5.91 Å². The third-order valence-corrected chi connectivity index (χ3v) is 4.88. The second-order valence-corrected chi connectivity index (χ2v) is 6.70. The van der Waals surface area contributed by atoms with E-state index in [2.05, 4.69) is 9.97 Å². The van der Waals surface area contributed by atoms with Crippen molar-refractivity contribution in [3.63, 3.8) is 0 Å². The number of rotatable bonds is 3. The highest BCUT2D eigenvalue weighted by molar-refractivity contribution is 5.93. The normalized spacial score (nSPS) is 24.5. The lowest BCUT2D eigenvalue weighted by atomic mass is 9.89. The second kappa shape index (κ2) is 6.26. The predicted molar refractivity (Wildman–Crippen MR) is 85.3 cm³/mol. The van der Waals surface area contributed by atoms with Crippen LogP contribution in [-0.4, -0.2) is 51.2 Å². The molecule has 3 rings (SSSR count). The largest absolute Gasteiger partial charge is 0.340 e. The molecular formula is C17H24N4O2. The minimum atomic E-state index is -0.972. The van der Waals surface area contributed by atoms with Gasteiger partial charge in [-0.2, -0.15) is 0 Å². The van der Waals surface area contributed by atoms with Crippen molar-refractivity contribution in [1.82, 2.24) is 19.8 Å². The number of aromatic nitrogens is 2. The van der Waals surface area contributed by atoms with E-state index in [4.69, 9.17) is 0 Å². The molecule has 23 heavy (non-hydrogen) atoms. The van der Waals surface area contributed by atoms with E-state index in [0.29, 0.717) is 18.7 Å². The molecule has 6 heteroatoms. The molecule has 1 aromatic rings. The van der Waals surface area contributed by atoms with E-state index in [0.717, 1.165) is 32.4 Å². The molecule has 0 N–H and O–H groups in total. The summed E-state index contributed by atoms with van der Waals surface area (Å²) in [6.45, 7) is 5.90. The fourth-order valence-corrected chi connectivity index (χ4v) is 3.72. The Morgan fingerprint density at radius 1 is 1.13 bits per heavy atom. The van der Waals surface area contributed by atoms with Crippen LogP contribution in [0.4, 0.5) is 0 Å². The lowest BCUT2D eigenvalue weighted by Gasteiger charge is -2.39. The lowest BCUT2D eigenvalue weighted by molar-refractivity contribution is -0.153. The SMILES string of the molecule is CC(C)C(=O)N1CCCC1(C(=O)N1CCCC1)c1cnccn1. The second-order valence-electron chi connectivity index (χ2n) is 6.70. The monoisotopic (exact) mass is 316 g/mol. The van der Waals surface area contributed by atoms with Gasteiger partial charge < -0.3 is 9.80 Å². The maximum absolute atomic E-state index is 13.4. The highest BCUT2D eigenvalue weighted by Crippen LogP contribution is 2.41. The van der Waals surface area contributed by atoms with Crippen molar-refractivity contribution in [2.24, 2.45) is 5.92 Å². The average molecular weight is 316 g/mol. The van der Waals surface area contributed by atoms with Crippen LogP contribution in [0.3, 0.4) is 0 Å². The van der Waals surface area contributed by atoms with Crippen LogP contribution in [0, 0.1) is 5.92 Å². The van der Waals surface area contributed by atoms with Crippen LogP contribution in [0.2, 0.25) is 0 Å². The van der Waals surface area contributed by atoms with Gasteiger partial charge in [0.15, 0.2) is 5.54 Å². The Morgan fingerprint density at radius 2 is 1.87 bits per heavy atom. The van der Waals surface area contributed by atoms with Gasteiger partial charge in [-0.05, 0) is 25.7 Å². The molecule has 124 valence electrons. The quantitative estimate of drug-likeness (QED) is 0.849. The maximum atomic E-state index is 13.4. The van der Waals surface area contributed by atoms with Crippen molar-refractivity contribution in [3.8, 4) is 0 Å². The average Bonchev–Trinajstić information content (AvgIpc) is 3.24. The molecule has 2 fully saturated rings. The maximum Gasteiger partial charge on any atom is 0.254 e. The van der Waals surface area contributed by atoms with Crippen molar-refractivity contribution in [1.29, 1.82) is 0 Å². The van der Waals surface area contributed by atoms with Crippen LogP contribution >= 0.6 is 0 Å². The van der Waals surface area contributed by atoms with Crippen molar-refractivity contribution in [2.75, 3.05) is 19.6 Å². The first kappa shape index (κ1) is 15.9. The fraction of sp³-hybridized carbons (Fsp3) is 0.647. The van der Waals surface area contributed by atoms with Gasteiger partial charge in [0.25, 0.3) is 5.91 Å².